The van der Waals surface area contributed by atoms with E-state index < -0.39 is 0 Å². The lowest BCUT2D eigenvalue weighted by atomic mass is 10.1. The molecule has 0 radical (unpaired) electrons. The fraction of sp³-hybridized carbons (Fsp3) is 0.545. The molecule has 2 aromatic rings. The zero-order chi connectivity index (χ0) is 23.4. The average Bonchev–Trinajstić information content (AvgIpc) is 3.38. The van der Waals surface area contributed by atoms with Crippen molar-refractivity contribution < 1.29 is 9.59 Å². The number of rotatable bonds is 7. The highest BCUT2D eigenvalue weighted by atomic mass is 32.1. The van der Waals surface area contributed by atoms with Crippen molar-refractivity contribution in [2.24, 2.45) is 0 Å². The number of carbonyl (C=O) groups excluding carboxylic acids is 2. The zero-order valence-electron chi connectivity index (χ0n) is 19.6. The maximum Gasteiger partial charge on any atom is 0.240 e. The van der Waals surface area contributed by atoms with Crippen molar-refractivity contribution in [2.75, 3.05) is 50.6 Å². The first-order valence-electron chi connectivity index (χ1n) is 10.7. The summed E-state index contributed by atoms with van der Waals surface area (Å²) < 4.78 is 1.10. The molecule has 1 aromatic carbocycles. The summed E-state index contributed by atoms with van der Waals surface area (Å²) in [5.41, 5.74) is 3.97. The van der Waals surface area contributed by atoms with Crippen molar-refractivity contribution in [1.29, 1.82) is 0 Å². The number of aromatic nitrogens is 3. The highest BCUT2D eigenvalue weighted by molar-refractivity contribution is 7.78. The minimum absolute atomic E-state index is 0.147. The summed E-state index contributed by atoms with van der Waals surface area (Å²) in [7, 11) is 5.99. The standard InChI is InChI=1S/C17H27N3O.C3H3N3OS.C2H6/c1-5-6-10-18(2)13-17(21)20(4)15-8-7-14-9-11-19(3)16(14)12-15;7-2-3-1-4-5-6(3)8;1-2/h7-8,12H,5-6,9-11,13H2,1-4H3;1-2,8H;1-2H3. The lowest BCUT2D eigenvalue weighted by molar-refractivity contribution is -0.119. The van der Waals surface area contributed by atoms with Crippen molar-refractivity contribution >= 4 is 36.4 Å². The van der Waals surface area contributed by atoms with E-state index in [1.165, 1.54) is 17.4 Å². The normalized spacial score (nSPS) is 11.8. The molecule has 31 heavy (non-hydrogen) atoms. The number of unbranched alkanes of at least 4 members (excludes halogenated alkanes) is 1. The van der Waals surface area contributed by atoms with Crippen molar-refractivity contribution in [3.8, 4) is 0 Å². The van der Waals surface area contributed by atoms with Gasteiger partial charge < -0.3 is 9.80 Å². The van der Waals surface area contributed by atoms with Gasteiger partial charge >= 0.3 is 0 Å². The van der Waals surface area contributed by atoms with E-state index in [1.807, 2.05) is 27.9 Å². The van der Waals surface area contributed by atoms with Crippen molar-refractivity contribution in [3.63, 3.8) is 0 Å². The number of amides is 1. The molecule has 172 valence electrons. The minimum Gasteiger partial charge on any atom is -0.374 e. The number of carbonyl (C=O) groups is 2. The fourth-order valence-electron chi connectivity index (χ4n) is 3.04. The second-order valence-electron chi connectivity index (χ2n) is 7.19. The van der Waals surface area contributed by atoms with E-state index in [0.29, 0.717) is 18.5 Å². The van der Waals surface area contributed by atoms with Gasteiger partial charge in [-0.05, 0) is 56.9 Å². The summed E-state index contributed by atoms with van der Waals surface area (Å²) in [6, 6.07) is 6.34. The summed E-state index contributed by atoms with van der Waals surface area (Å²) in [6.07, 6.45) is 5.36. The Labute approximate surface area is 191 Å². The summed E-state index contributed by atoms with van der Waals surface area (Å²) >= 11 is 3.74. The molecule has 8 nitrogen and oxygen atoms in total. The van der Waals surface area contributed by atoms with Gasteiger partial charge in [0.1, 0.15) is 5.69 Å². The number of benzene rings is 1. The van der Waals surface area contributed by atoms with Crippen LogP contribution in [0.1, 0.15) is 49.7 Å². The Balaban J connectivity index is 0.000000400. The predicted molar refractivity (Wildman–Crippen MR) is 130 cm³/mol. The Morgan fingerprint density at radius 2 is 2.00 bits per heavy atom. The van der Waals surface area contributed by atoms with Crippen LogP contribution >= 0.6 is 12.8 Å². The van der Waals surface area contributed by atoms with Gasteiger partial charge in [-0.3, -0.25) is 14.5 Å². The molecule has 0 bridgehead atoms. The molecule has 2 heterocycles. The van der Waals surface area contributed by atoms with E-state index in [0.717, 1.165) is 42.1 Å². The van der Waals surface area contributed by atoms with Crippen LogP contribution in [0, 0.1) is 0 Å². The van der Waals surface area contributed by atoms with Crippen LogP contribution in [0.25, 0.3) is 0 Å². The number of hydrogen-bond donors (Lipinski definition) is 1. The number of nitrogens with zero attached hydrogens (tertiary/aromatic N) is 6. The van der Waals surface area contributed by atoms with E-state index in [4.69, 9.17) is 0 Å². The molecule has 0 saturated carbocycles. The lowest BCUT2D eigenvalue weighted by Gasteiger charge is -2.23. The Morgan fingerprint density at radius 1 is 1.29 bits per heavy atom. The maximum atomic E-state index is 12.4. The molecule has 0 unspecified atom stereocenters. The third-order valence-corrected chi connectivity index (χ3v) is 5.25. The fourth-order valence-corrected chi connectivity index (χ4v) is 3.18. The van der Waals surface area contributed by atoms with Crippen LogP contribution in [-0.2, 0) is 11.2 Å². The number of fused-ring (bicyclic) bond motifs is 1. The smallest absolute Gasteiger partial charge is 0.240 e. The van der Waals surface area contributed by atoms with E-state index >= 15 is 0 Å². The van der Waals surface area contributed by atoms with Crippen molar-refractivity contribution in [1.82, 2.24) is 19.3 Å². The number of thiol groups is 1. The van der Waals surface area contributed by atoms with Crippen LogP contribution in [0.2, 0.25) is 0 Å². The van der Waals surface area contributed by atoms with E-state index in [2.05, 4.69) is 65.1 Å². The molecule has 0 spiro atoms. The van der Waals surface area contributed by atoms with E-state index in [9.17, 15) is 9.59 Å². The Morgan fingerprint density at radius 3 is 2.55 bits per heavy atom. The first kappa shape index (κ1) is 26.6. The van der Waals surface area contributed by atoms with Gasteiger partial charge in [0, 0.05) is 32.0 Å². The molecule has 1 aromatic heterocycles. The first-order chi connectivity index (χ1) is 14.9. The molecule has 3 rings (SSSR count). The van der Waals surface area contributed by atoms with Crippen LogP contribution in [0.15, 0.2) is 24.4 Å². The number of aldehydes is 1. The van der Waals surface area contributed by atoms with Crippen LogP contribution in [0.3, 0.4) is 0 Å². The van der Waals surface area contributed by atoms with Crippen LogP contribution in [0.4, 0.5) is 11.4 Å². The molecule has 1 amide bonds. The average molecular weight is 449 g/mol. The van der Waals surface area contributed by atoms with Gasteiger partial charge in [-0.2, -0.15) is 4.09 Å². The summed E-state index contributed by atoms with van der Waals surface area (Å²) in [4.78, 5) is 28.4. The van der Waals surface area contributed by atoms with Crippen LogP contribution in [0.5, 0.6) is 0 Å². The van der Waals surface area contributed by atoms with Gasteiger partial charge in [-0.1, -0.05) is 38.5 Å². The van der Waals surface area contributed by atoms with Gasteiger partial charge in [0.15, 0.2) is 6.29 Å². The van der Waals surface area contributed by atoms with Gasteiger partial charge in [0.25, 0.3) is 0 Å². The predicted octanol–water partition coefficient (Wildman–Crippen LogP) is 3.18. The Bertz CT molecular complexity index is 826. The van der Waals surface area contributed by atoms with Crippen LogP contribution < -0.4 is 9.80 Å². The Hall–Kier alpha value is -2.39. The highest BCUT2D eigenvalue weighted by Crippen LogP contribution is 2.30. The molecule has 0 saturated heterocycles. The molecule has 1 aliphatic rings. The third kappa shape index (κ3) is 7.99. The molecule has 1 aliphatic heterocycles. The quantitative estimate of drug-likeness (QED) is 0.518. The molecule has 0 fully saturated rings. The minimum atomic E-state index is 0.147. The molecule has 0 N–H and O–H groups in total. The molecular formula is C22H36N6O2S. The third-order valence-electron chi connectivity index (χ3n) is 4.93. The largest absolute Gasteiger partial charge is 0.374 e. The monoisotopic (exact) mass is 448 g/mol. The second-order valence-corrected chi connectivity index (χ2v) is 7.57. The van der Waals surface area contributed by atoms with E-state index in [-0.39, 0.29) is 5.91 Å². The number of likely N-dealkylation sites (N-methyl/N-ethyl adjacent to an activating group) is 3. The van der Waals surface area contributed by atoms with Gasteiger partial charge in [-0.15, -0.1) is 5.10 Å². The van der Waals surface area contributed by atoms with Crippen molar-refractivity contribution in [3.05, 3.63) is 35.7 Å². The molecule has 0 aliphatic carbocycles. The molecule has 0 atom stereocenters. The van der Waals surface area contributed by atoms with Crippen molar-refractivity contribution in [2.45, 2.75) is 40.0 Å². The molecule has 9 heteroatoms. The highest BCUT2D eigenvalue weighted by Gasteiger charge is 2.19. The number of hydrogen-bond acceptors (Lipinski definition) is 7. The molecular weight excluding hydrogens is 412 g/mol. The lowest BCUT2D eigenvalue weighted by Crippen LogP contribution is -2.37. The topological polar surface area (TPSA) is 74.6 Å². The van der Waals surface area contributed by atoms with Gasteiger partial charge in [0.05, 0.1) is 12.7 Å². The van der Waals surface area contributed by atoms with Crippen LogP contribution in [-0.4, -0.2) is 72.3 Å². The SMILES string of the molecule is CC.CCCCN(C)CC(=O)N(C)c1ccc2c(c1)N(C)CC2.O=Cc1cnnn1S. The number of anilines is 2. The van der Waals surface area contributed by atoms with E-state index in [1.54, 1.807) is 4.90 Å². The zero-order valence-corrected chi connectivity index (χ0v) is 20.5. The maximum absolute atomic E-state index is 12.4. The summed E-state index contributed by atoms with van der Waals surface area (Å²) in [5, 5.41) is 6.78. The summed E-state index contributed by atoms with van der Waals surface area (Å²) in [5.74, 6) is 0.147. The second kappa shape index (κ2) is 13.8. The van der Waals surface area contributed by atoms with Gasteiger partial charge in [0.2, 0.25) is 5.91 Å². The van der Waals surface area contributed by atoms with Gasteiger partial charge in [-0.25, -0.2) is 0 Å². The summed E-state index contributed by atoms with van der Waals surface area (Å²) in [6.45, 7) is 8.69. The first-order valence-corrected chi connectivity index (χ1v) is 11.1. The Kier molecular flexibility index (Phi) is 11.9.